The van der Waals surface area contributed by atoms with Crippen LogP contribution in [-0.2, 0) is 10.8 Å². The molecule has 2 aromatic heterocycles. The molecule has 0 saturated carbocycles. The van der Waals surface area contributed by atoms with E-state index in [1.165, 1.54) is 77.4 Å². The highest BCUT2D eigenvalue weighted by molar-refractivity contribution is 6.10. The minimum absolute atomic E-state index is 0.0755. The molecule has 0 amide bonds. The molecule has 2 nitrogen and oxygen atoms in total. The molecule has 10 aromatic rings. The first-order chi connectivity index (χ1) is 27.3. The summed E-state index contributed by atoms with van der Waals surface area (Å²) in [7, 11) is 0. The number of hydrogen-bond donors (Lipinski definition) is 0. The van der Waals surface area contributed by atoms with Gasteiger partial charge in [0.25, 0.3) is 0 Å². The summed E-state index contributed by atoms with van der Waals surface area (Å²) < 4.78 is 8.93. The third-order valence-corrected chi connectivity index (χ3v) is 13.1. The molecule has 12 rings (SSSR count). The van der Waals surface area contributed by atoms with Crippen molar-refractivity contribution in [2.45, 2.75) is 38.5 Å². The van der Waals surface area contributed by atoms with Crippen molar-refractivity contribution < 1.29 is 4.42 Å². The first kappa shape index (κ1) is 31.7. The summed E-state index contributed by atoms with van der Waals surface area (Å²) in [6.45, 7) is 9.36. The van der Waals surface area contributed by atoms with Gasteiger partial charge in [0.1, 0.15) is 11.2 Å². The fourth-order valence-corrected chi connectivity index (χ4v) is 10.7. The minimum Gasteiger partial charge on any atom is -0.455 e. The third-order valence-electron chi connectivity index (χ3n) is 13.1. The largest absolute Gasteiger partial charge is 0.455 e. The molecule has 0 saturated heterocycles. The number of nitrogens with zero attached hydrogens (tertiary/aromatic N) is 1. The van der Waals surface area contributed by atoms with Gasteiger partial charge in [-0.2, -0.15) is 0 Å². The van der Waals surface area contributed by atoms with Gasteiger partial charge in [-0.05, 0) is 94.3 Å². The highest BCUT2D eigenvalue weighted by Crippen LogP contribution is 2.64. The predicted octanol–water partition coefficient (Wildman–Crippen LogP) is 14.0. The van der Waals surface area contributed by atoms with Crippen LogP contribution >= 0.6 is 0 Å². The number of aromatic nitrogens is 1. The van der Waals surface area contributed by atoms with Crippen LogP contribution in [0, 0.1) is 13.8 Å². The standard InChI is InChI=1S/C54H39NO/c1-32-28-43-50-45(30-32)54(46-31-33(2)29-44(51(46)50)53(43,3)4,35-22-20-34(21-23-35)38-15-11-16-42-41-14-7-10-19-49(41)56-52(38)42)36-24-26-37(27-25-36)55-47-17-8-5-12-39(47)40-13-6-9-18-48(40)55/h5-31H,1-4H3. The Labute approximate surface area is 326 Å². The number of para-hydroxylation sites is 4. The van der Waals surface area contributed by atoms with Crippen molar-refractivity contribution in [1.29, 1.82) is 0 Å². The zero-order valence-corrected chi connectivity index (χ0v) is 31.9. The molecular weight excluding hydrogens is 679 g/mol. The summed E-state index contributed by atoms with van der Waals surface area (Å²) >= 11 is 0. The number of aryl methyl sites for hydroxylation is 2. The number of hydrogen-bond acceptors (Lipinski definition) is 1. The Morgan fingerprint density at radius 1 is 0.464 bits per heavy atom. The number of benzene rings is 8. The van der Waals surface area contributed by atoms with Crippen molar-refractivity contribution in [2.24, 2.45) is 0 Å². The van der Waals surface area contributed by atoms with Crippen LogP contribution in [0.2, 0.25) is 0 Å². The van der Waals surface area contributed by atoms with Gasteiger partial charge in [-0.1, -0.05) is 158 Å². The summed E-state index contributed by atoms with van der Waals surface area (Å²) in [5, 5.41) is 4.85. The molecular formula is C54H39NO. The van der Waals surface area contributed by atoms with Gasteiger partial charge >= 0.3 is 0 Å². The van der Waals surface area contributed by atoms with E-state index in [1.807, 2.05) is 6.07 Å². The summed E-state index contributed by atoms with van der Waals surface area (Å²) in [6.07, 6.45) is 0. The average Bonchev–Trinajstić information content (AvgIpc) is 3.92. The SMILES string of the molecule is Cc1cc2c3c(c1)C(c1ccc(-c4cccc5c4oc4ccccc45)cc1)(c1ccc(-n4c5ccccc5c5ccccc54)cc1)c1cc(C)cc(c1-3)C2(C)C. The van der Waals surface area contributed by atoms with Crippen LogP contribution in [0.1, 0.15) is 58.4 Å². The van der Waals surface area contributed by atoms with E-state index in [-0.39, 0.29) is 5.41 Å². The first-order valence-electron chi connectivity index (χ1n) is 19.8. The Morgan fingerprint density at radius 3 is 1.57 bits per heavy atom. The van der Waals surface area contributed by atoms with Crippen molar-refractivity contribution in [1.82, 2.24) is 4.57 Å². The minimum atomic E-state index is -0.508. The van der Waals surface area contributed by atoms with Gasteiger partial charge in [0, 0.05) is 38.2 Å². The van der Waals surface area contributed by atoms with Gasteiger partial charge in [-0.3, -0.25) is 0 Å². The number of rotatable bonds is 4. The Kier molecular flexibility index (Phi) is 6.22. The molecule has 56 heavy (non-hydrogen) atoms. The van der Waals surface area contributed by atoms with Crippen LogP contribution in [0.25, 0.3) is 71.7 Å². The maximum Gasteiger partial charge on any atom is 0.143 e. The van der Waals surface area contributed by atoms with Gasteiger partial charge in [0.15, 0.2) is 0 Å². The second-order valence-electron chi connectivity index (χ2n) is 16.6. The molecule has 0 bridgehead atoms. The molecule has 2 heterocycles. The molecule has 2 aliphatic carbocycles. The summed E-state index contributed by atoms with van der Waals surface area (Å²) in [6, 6.07) is 61.1. The van der Waals surface area contributed by atoms with Crippen LogP contribution in [0.4, 0.5) is 0 Å². The lowest BCUT2D eigenvalue weighted by Crippen LogP contribution is -2.30. The Balaban J connectivity index is 1.11. The van der Waals surface area contributed by atoms with Crippen LogP contribution in [0.15, 0.2) is 168 Å². The second-order valence-corrected chi connectivity index (χ2v) is 16.6. The van der Waals surface area contributed by atoms with Gasteiger partial charge in [-0.15, -0.1) is 0 Å². The van der Waals surface area contributed by atoms with Crippen molar-refractivity contribution in [3.05, 3.63) is 208 Å². The second kappa shape index (κ2) is 11.0. The van der Waals surface area contributed by atoms with E-state index >= 15 is 0 Å². The van der Waals surface area contributed by atoms with E-state index in [1.54, 1.807) is 0 Å². The van der Waals surface area contributed by atoms with Crippen LogP contribution in [-0.4, -0.2) is 4.57 Å². The van der Waals surface area contributed by atoms with E-state index in [0.29, 0.717) is 0 Å². The molecule has 0 radical (unpaired) electrons. The molecule has 0 atom stereocenters. The van der Waals surface area contributed by atoms with Gasteiger partial charge in [0.2, 0.25) is 0 Å². The lowest BCUT2D eigenvalue weighted by atomic mass is 9.65. The van der Waals surface area contributed by atoms with E-state index in [0.717, 1.165) is 38.8 Å². The fourth-order valence-electron chi connectivity index (χ4n) is 10.7. The van der Waals surface area contributed by atoms with Crippen LogP contribution < -0.4 is 0 Å². The summed E-state index contributed by atoms with van der Waals surface area (Å²) in [5.41, 5.74) is 20.8. The first-order valence-corrected chi connectivity index (χ1v) is 19.8. The van der Waals surface area contributed by atoms with Crippen LogP contribution in [0.3, 0.4) is 0 Å². The number of fused-ring (bicyclic) bond motifs is 6. The lowest BCUT2D eigenvalue weighted by Gasteiger charge is -2.37. The normalized spacial score (nSPS) is 14.7. The van der Waals surface area contributed by atoms with Gasteiger partial charge in [0.05, 0.1) is 16.4 Å². The van der Waals surface area contributed by atoms with E-state index in [2.05, 4.69) is 190 Å². The Hall–Kier alpha value is -6.64. The van der Waals surface area contributed by atoms with Gasteiger partial charge < -0.3 is 8.98 Å². The molecule has 0 unspecified atom stereocenters. The smallest absolute Gasteiger partial charge is 0.143 e. The monoisotopic (exact) mass is 717 g/mol. The lowest BCUT2D eigenvalue weighted by molar-refractivity contribution is 0.650. The van der Waals surface area contributed by atoms with E-state index in [9.17, 15) is 0 Å². The molecule has 2 heteroatoms. The highest BCUT2D eigenvalue weighted by atomic mass is 16.3. The van der Waals surface area contributed by atoms with E-state index < -0.39 is 5.41 Å². The third kappa shape index (κ3) is 3.96. The summed E-state index contributed by atoms with van der Waals surface area (Å²) in [4.78, 5) is 0. The fraction of sp³-hybridized carbons (Fsp3) is 0.111. The van der Waals surface area contributed by atoms with Gasteiger partial charge in [-0.25, -0.2) is 0 Å². The Bertz CT molecular complexity index is 3160. The van der Waals surface area contributed by atoms with Crippen molar-refractivity contribution >= 4 is 43.7 Å². The molecule has 0 spiro atoms. The van der Waals surface area contributed by atoms with Crippen molar-refractivity contribution in [3.63, 3.8) is 0 Å². The molecule has 0 aliphatic heterocycles. The number of furan rings is 1. The highest BCUT2D eigenvalue weighted by Gasteiger charge is 2.53. The molecule has 2 aliphatic rings. The maximum atomic E-state index is 6.51. The topological polar surface area (TPSA) is 18.1 Å². The molecule has 8 aromatic carbocycles. The molecule has 0 fully saturated rings. The molecule has 0 N–H and O–H groups in total. The zero-order valence-electron chi connectivity index (χ0n) is 31.9. The quantitative estimate of drug-likeness (QED) is 0.177. The molecule has 266 valence electrons. The van der Waals surface area contributed by atoms with Crippen molar-refractivity contribution in [3.8, 4) is 27.9 Å². The zero-order chi connectivity index (χ0) is 37.5. The maximum absolute atomic E-state index is 6.51. The average molecular weight is 718 g/mol. The van der Waals surface area contributed by atoms with Crippen LogP contribution in [0.5, 0.6) is 0 Å². The summed E-state index contributed by atoms with van der Waals surface area (Å²) in [5.74, 6) is 0. The predicted molar refractivity (Wildman–Crippen MR) is 232 cm³/mol. The Morgan fingerprint density at radius 2 is 0.964 bits per heavy atom. The van der Waals surface area contributed by atoms with E-state index in [4.69, 9.17) is 4.42 Å². The van der Waals surface area contributed by atoms with Crippen molar-refractivity contribution in [2.75, 3.05) is 0 Å².